The quantitative estimate of drug-likeness (QED) is 0.556. The Bertz CT molecular complexity index is 1020. The number of rotatable bonds is 6. The van der Waals surface area contributed by atoms with Crippen LogP contribution < -0.4 is 5.73 Å². The number of likely N-dealkylation sites (N-methyl/N-ethyl adjacent to an activating group) is 1. The van der Waals surface area contributed by atoms with E-state index in [0.717, 1.165) is 17.5 Å². The summed E-state index contributed by atoms with van der Waals surface area (Å²) in [4.78, 5) is 29.9. The summed E-state index contributed by atoms with van der Waals surface area (Å²) in [6.07, 6.45) is 1.69. The number of ether oxygens (including phenoxy) is 1. The van der Waals surface area contributed by atoms with Crippen molar-refractivity contribution in [1.29, 1.82) is 0 Å². The maximum Gasteiger partial charge on any atom is 0.267 e. The summed E-state index contributed by atoms with van der Waals surface area (Å²) in [5.74, 6) is 4.64. The van der Waals surface area contributed by atoms with Crippen molar-refractivity contribution in [2.45, 2.75) is 24.9 Å². The average molecular weight is 407 g/mol. The molecule has 1 atom stereocenters. The van der Waals surface area contributed by atoms with E-state index in [9.17, 15) is 14.7 Å². The number of benzene rings is 1. The summed E-state index contributed by atoms with van der Waals surface area (Å²) >= 11 is 0. The number of nitrogens with two attached hydrogens (primary N) is 1. The minimum Gasteiger partial charge on any atom is -0.385 e. The second-order valence-electron chi connectivity index (χ2n) is 7.33. The van der Waals surface area contributed by atoms with E-state index < -0.39 is 11.5 Å². The SMILES string of the molecule is COCCCc1ccc(-c2cccc(C#C[C@]3(O)CCN(C)C3=O)c2)nc1C(N)=O. The van der Waals surface area contributed by atoms with Gasteiger partial charge < -0.3 is 20.5 Å². The molecule has 156 valence electrons. The van der Waals surface area contributed by atoms with Gasteiger partial charge in [-0.2, -0.15) is 0 Å². The molecule has 1 aliphatic heterocycles. The van der Waals surface area contributed by atoms with Gasteiger partial charge in [0.15, 0.2) is 0 Å². The first-order chi connectivity index (χ1) is 14.3. The van der Waals surface area contributed by atoms with Crippen LogP contribution in [0.3, 0.4) is 0 Å². The van der Waals surface area contributed by atoms with E-state index in [0.29, 0.717) is 30.8 Å². The molecule has 3 N–H and O–H groups in total. The van der Waals surface area contributed by atoms with Crippen molar-refractivity contribution in [3.63, 3.8) is 0 Å². The highest BCUT2D eigenvalue weighted by Crippen LogP contribution is 2.23. The van der Waals surface area contributed by atoms with Gasteiger partial charge in [-0.3, -0.25) is 9.59 Å². The molecule has 2 aromatic rings. The Morgan fingerprint density at radius 3 is 2.83 bits per heavy atom. The Labute approximate surface area is 175 Å². The molecule has 3 rings (SSSR count). The van der Waals surface area contributed by atoms with Crippen LogP contribution in [0.15, 0.2) is 36.4 Å². The van der Waals surface area contributed by atoms with Crippen molar-refractivity contribution in [3.8, 4) is 23.1 Å². The Balaban J connectivity index is 1.87. The zero-order valence-corrected chi connectivity index (χ0v) is 17.1. The van der Waals surface area contributed by atoms with E-state index >= 15 is 0 Å². The molecule has 1 saturated heterocycles. The Morgan fingerprint density at radius 2 is 2.17 bits per heavy atom. The minimum absolute atomic E-state index is 0.244. The number of nitrogens with zero attached hydrogens (tertiary/aromatic N) is 2. The summed E-state index contributed by atoms with van der Waals surface area (Å²) < 4.78 is 5.06. The van der Waals surface area contributed by atoms with E-state index in [2.05, 4.69) is 16.8 Å². The lowest BCUT2D eigenvalue weighted by molar-refractivity contribution is -0.137. The lowest BCUT2D eigenvalue weighted by Crippen LogP contribution is -2.37. The molecule has 1 aliphatic rings. The van der Waals surface area contributed by atoms with Gasteiger partial charge in [0.05, 0.1) is 5.69 Å². The number of aliphatic hydroxyl groups is 1. The molecule has 1 aromatic heterocycles. The Morgan fingerprint density at radius 1 is 1.37 bits per heavy atom. The minimum atomic E-state index is -1.65. The van der Waals surface area contributed by atoms with Gasteiger partial charge in [-0.1, -0.05) is 30.0 Å². The predicted octanol–water partition coefficient (Wildman–Crippen LogP) is 1.37. The van der Waals surface area contributed by atoms with Crippen molar-refractivity contribution in [2.24, 2.45) is 5.73 Å². The van der Waals surface area contributed by atoms with Crippen LogP contribution in [-0.2, 0) is 16.0 Å². The first-order valence-electron chi connectivity index (χ1n) is 9.74. The zero-order chi connectivity index (χ0) is 21.7. The fourth-order valence-electron chi connectivity index (χ4n) is 3.37. The third-order valence-electron chi connectivity index (χ3n) is 5.09. The number of methoxy groups -OCH3 is 1. The summed E-state index contributed by atoms with van der Waals surface area (Å²) in [7, 11) is 3.27. The van der Waals surface area contributed by atoms with E-state index in [-0.39, 0.29) is 18.0 Å². The molecule has 2 amide bonds. The van der Waals surface area contributed by atoms with Gasteiger partial charge in [0.1, 0.15) is 5.69 Å². The Hall–Kier alpha value is -3.21. The van der Waals surface area contributed by atoms with Crippen molar-refractivity contribution in [2.75, 3.05) is 27.3 Å². The number of carbonyl (C=O) groups excluding carboxylic acids is 2. The Kier molecular flexibility index (Phi) is 6.50. The molecule has 0 radical (unpaired) electrons. The maximum atomic E-state index is 12.1. The second-order valence-corrected chi connectivity index (χ2v) is 7.33. The van der Waals surface area contributed by atoms with Crippen LogP contribution in [0.5, 0.6) is 0 Å². The largest absolute Gasteiger partial charge is 0.385 e. The van der Waals surface area contributed by atoms with Crippen LogP contribution in [0.1, 0.15) is 34.5 Å². The topological polar surface area (TPSA) is 106 Å². The number of hydrogen-bond donors (Lipinski definition) is 2. The summed E-state index contributed by atoms with van der Waals surface area (Å²) in [5, 5.41) is 10.5. The van der Waals surface area contributed by atoms with Gasteiger partial charge in [-0.15, -0.1) is 0 Å². The van der Waals surface area contributed by atoms with Gasteiger partial charge in [-0.05, 0) is 36.6 Å². The third-order valence-corrected chi connectivity index (χ3v) is 5.09. The highest BCUT2D eigenvalue weighted by molar-refractivity contribution is 5.93. The number of aromatic nitrogens is 1. The first kappa shape index (κ1) is 21.5. The molecule has 30 heavy (non-hydrogen) atoms. The molecule has 0 unspecified atom stereocenters. The van der Waals surface area contributed by atoms with Gasteiger partial charge in [0.2, 0.25) is 5.60 Å². The molecule has 0 aliphatic carbocycles. The first-order valence-corrected chi connectivity index (χ1v) is 9.74. The molecule has 0 spiro atoms. The average Bonchev–Trinajstić information content (AvgIpc) is 3.00. The maximum absolute atomic E-state index is 12.1. The van der Waals surface area contributed by atoms with Crippen LogP contribution in [0, 0.1) is 11.8 Å². The van der Waals surface area contributed by atoms with Gasteiger partial charge >= 0.3 is 0 Å². The van der Waals surface area contributed by atoms with Gasteiger partial charge in [0.25, 0.3) is 11.8 Å². The molecule has 1 fully saturated rings. The van der Waals surface area contributed by atoms with Crippen molar-refractivity contribution < 1.29 is 19.4 Å². The van der Waals surface area contributed by atoms with Crippen LogP contribution in [0.25, 0.3) is 11.3 Å². The third kappa shape index (κ3) is 4.67. The van der Waals surface area contributed by atoms with Crippen molar-refractivity contribution >= 4 is 11.8 Å². The molecular formula is C23H25N3O4. The van der Waals surface area contributed by atoms with Gasteiger partial charge in [0, 0.05) is 44.9 Å². The van der Waals surface area contributed by atoms with Crippen LogP contribution in [0.2, 0.25) is 0 Å². The van der Waals surface area contributed by atoms with Crippen molar-refractivity contribution in [3.05, 3.63) is 53.2 Å². The van der Waals surface area contributed by atoms with Crippen LogP contribution in [0.4, 0.5) is 0 Å². The molecule has 0 saturated carbocycles. The molecule has 1 aromatic carbocycles. The number of pyridine rings is 1. The standard InChI is InChI=1S/C23H25N3O4/c1-26-13-12-23(29,22(26)28)11-10-16-5-3-6-18(15-16)19-9-8-17(7-4-14-30-2)20(25-19)21(24)27/h3,5-6,8-9,15,29H,4,7,12-14H2,1-2H3,(H2,24,27)/t23-/m0/s1. The molecule has 2 heterocycles. The number of hydrogen-bond acceptors (Lipinski definition) is 5. The summed E-state index contributed by atoms with van der Waals surface area (Å²) in [6, 6.07) is 10.9. The number of likely N-dealkylation sites (tertiary alicyclic amines) is 1. The number of amides is 2. The summed E-state index contributed by atoms with van der Waals surface area (Å²) in [6.45, 7) is 1.06. The van der Waals surface area contributed by atoms with E-state index in [1.165, 1.54) is 4.90 Å². The normalized spacial score (nSPS) is 18.2. The van der Waals surface area contributed by atoms with E-state index in [1.807, 2.05) is 24.3 Å². The second kappa shape index (κ2) is 9.08. The predicted molar refractivity (Wildman–Crippen MR) is 112 cm³/mol. The monoisotopic (exact) mass is 407 g/mol. The van der Waals surface area contributed by atoms with Crippen LogP contribution in [-0.4, -0.2) is 59.7 Å². The van der Waals surface area contributed by atoms with Crippen molar-refractivity contribution in [1.82, 2.24) is 9.88 Å². The van der Waals surface area contributed by atoms with E-state index in [1.54, 1.807) is 26.3 Å². The van der Waals surface area contributed by atoms with E-state index in [4.69, 9.17) is 10.5 Å². The highest BCUT2D eigenvalue weighted by atomic mass is 16.5. The molecule has 7 nitrogen and oxygen atoms in total. The number of aryl methyl sites for hydroxylation is 1. The lowest BCUT2D eigenvalue weighted by atomic mass is 10.0. The fourth-order valence-corrected chi connectivity index (χ4v) is 3.37. The smallest absolute Gasteiger partial charge is 0.267 e. The number of carbonyl (C=O) groups is 2. The molecule has 0 bridgehead atoms. The summed E-state index contributed by atoms with van der Waals surface area (Å²) in [5.41, 5.74) is 6.90. The zero-order valence-electron chi connectivity index (χ0n) is 17.1. The molecular weight excluding hydrogens is 382 g/mol. The van der Waals surface area contributed by atoms with Gasteiger partial charge in [-0.25, -0.2) is 4.98 Å². The molecule has 7 heteroatoms. The lowest BCUT2D eigenvalue weighted by Gasteiger charge is -2.13. The fraction of sp³-hybridized carbons (Fsp3) is 0.348. The number of primary amides is 1. The van der Waals surface area contributed by atoms with Crippen LogP contribution >= 0.6 is 0 Å². The highest BCUT2D eigenvalue weighted by Gasteiger charge is 2.42.